The lowest BCUT2D eigenvalue weighted by molar-refractivity contribution is -0.146. The van der Waals surface area contributed by atoms with Crippen LogP contribution in [0.1, 0.15) is 40.3 Å². The number of aliphatic hydroxyl groups is 1. The molecule has 0 radical (unpaired) electrons. The molecule has 3 rings (SSSR count). The summed E-state index contributed by atoms with van der Waals surface area (Å²) in [6.45, 7) is 5.23. The number of aromatic nitrogens is 2. The minimum absolute atomic E-state index is 0.171. The number of aliphatic hydroxyl groups excluding tert-OH is 1. The Morgan fingerprint density at radius 1 is 1.31 bits per heavy atom. The summed E-state index contributed by atoms with van der Waals surface area (Å²) in [6.07, 6.45) is -3.20. The SMILES string of the molecule is CCCSc1ccc(OP(=O)(NCC(=O)OC(C)C)OC[C@H]2O[C@@H](n3ccc(=O)[nH]c3=O)[C@](C)(F)[C@@H]2O)cc1. The van der Waals surface area contributed by atoms with Crippen LogP contribution in [-0.2, 0) is 23.4 Å². The van der Waals surface area contributed by atoms with Crippen molar-refractivity contribution in [2.45, 2.75) is 69.2 Å². The van der Waals surface area contributed by atoms with E-state index in [2.05, 4.69) is 12.0 Å². The van der Waals surface area contributed by atoms with Gasteiger partial charge in [-0.2, -0.15) is 0 Å². The molecule has 1 aliphatic rings. The molecule has 1 fully saturated rings. The van der Waals surface area contributed by atoms with Gasteiger partial charge in [0.2, 0.25) is 0 Å². The number of nitrogens with zero attached hydrogens (tertiary/aromatic N) is 1. The molecule has 2 heterocycles. The van der Waals surface area contributed by atoms with Crippen molar-refractivity contribution < 1.29 is 37.4 Å². The van der Waals surface area contributed by atoms with E-state index in [-0.39, 0.29) is 5.75 Å². The van der Waals surface area contributed by atoms with Gasteiger partial charge in [-0.25, -0.2) is 18.8 Å². The predicted octanol–water partition coefficient (Wildman–Crippen LogP) is 2.77. The number of esters is 1. The molecule has 3 N–H and O–H groups in total. The minimum Gasteiger partial charge on any atom is -0.462 e. The lowest BCUT2D eigenvalue weighted by atomic mass is 9.98. The molecule has 216 valence electrons. The number of thioether (sulfide) groups is 1. The standard InChI is InChI=1S/C24H33FN3O9PS/c1-5-12-39-17-8-6-16(7-9-17)37-38(33,26-13-20(30)35-15(2)3)34-14-18-21(31)24(4,25)22(36-18)28-11-10-19(29)27-23(28)32/h6-11,15,18,21-22,31H,5,12-14H2,1-4H3,(H,26,33)(H,27,29,32)/t18-,21-,22-,24-,38?/m1/s1. The second kappa shape index (κ2) is 13.2. The number of ether oxygens (including phenoxy) is 2. The highest BCUT2D eigenvalue weighted by molar-refractivity contribution is 7.99. The zero-order valence-corrected chi connectivity index (χ0v) is 23.7. The molecule has 0 saturated carbocycles. The van der Waals surface area contributed by atoms with Gasteiger partial charge >= 0.3 is 19.4 Å². The highest BCUT2D eigenvalue weighted by Gasteiger charge is 2.55. The van der Waals surface area contributed by atoms with Crippen molar-refractivity contribution in [2.75, 3.05) is 18.9 Å². The van der Waals surface area contributed by atoms with Crippen molar-refractivity contribution in [3.63, 3.8) is 0 Å². The molecule has 0 amide bonds. The van der Waals surface area contributed by atoms with Gasteiger partial charge < -0.3 is 19.1 Å². The summed E-state index contributed by atoms with van der Waals surface area (Å²) in [5.74, 6) is 0.379. The largest absolute Gasteiger partial charge is 0.462 e. The zero-order chi connectivity index (χ0) is 28.8. The number of carbonyl (C=O) groups excluding carboxylic acids is 1. The van der Waals surface area contributed by atoms with Crippen LogP contribution in [0.25, 0.3) is 0 Å². The number of halogens is 1. The van der Waals surface area contributed by atoms with Gasteiger partial charge in [-0.15, -0.1) is 11.8 Å². The van der Waals surface area contributed by atoms with Crippen LogP contribution in [0.4, 0.5) is 4.39 Å². The molecule has 1 unspecified atom stereocenters. The Morgan fingerprint density at radius 2 is 2.00 bits per heavy atom. The van der Waals surface area contributed by atoms with Gasteiger partial charge in [-0.3, -0.25) is 23.7 Å². The third-order valence-electron chi connectivity index (χ3n) is 5.54. The van der Waals surface area contributed by atoms with Crippen molar-refractivity contribution in [1.29, 1.82) is 0 Å². The lowest BCUT2D eigenvalue weighted by Crippen LogP contribution is -2.43. The van der Waals surface area contributed by atoms with Crippen molar-refractivity contribution in [1.82, 2.24) is 14.6 Å². The molecule has 1 aromatic carbocycles. The number of benzene rings is 1. The van der Waals surface area contributed by atoms with E-state index in [4.69, 9.17) is 18.5 Å². The smallest absolute Gasteiger partial charge is 0.459 e. The maximum atomic E-state index is 15.5. The number of carbonyl (C=O) groups is 1. The third-order valence-corrected chi connectivity index (χ3v) is 8.24. The summed E-state index contributed by atoms with van der Waals surface area (Å²) in [4.78, 5) is 38.6. The molecule has 15 heteroatoms. The fourth-order valence-corrected chi connectivity index (χ4v) is 5.70. The van der Waals surface area contributed by atoms with E-state index in [0.29, 0.717) is 0 Å². The molecule has 1 saturated heterocycles. The van der Waals surface area contributed by atoms with E-state index in [1.54, 1.807) is 49.9 Å². The average Bonchev–Trinajstić information content (AvgIpc) is 3.09. The van der Waals surface area contributed by atoms with Crippen molar-refractivity contribution >= 4 is 25.5 Å². The summed E-state index contributed by atoms with van der Waals surface area (Å²) < 4.78 is 51.6. The normalized spacial score (nSPS) is 24.4. The summed E-state index contributed by atoms with van der Waals surface area (Å²) >= 11 is 1.64. The number of nitrogens with one attached hydrogen (secondary N) is 2. The number of aromatic amines is 1. The quantitative estimate of drug-likeness (QED) is 0.179. The van der Waals surface area contributed by atoms with E-state index in [9.17, 15) is 24.1 Å². The van der Waals surface area contributed by atoms with Gasteiger partial charge in [0.15, 0.2) is 11.9 Å². The van der Waals surface area contributed by atoms with Crippen LogP contribution >= 0.6 is 19.5 Å². The van der Waals surface area contributed by atoms with E-state index in [0.717, 1.165) is 40.8 Å². The Hall–Kier alpha value is -2.48. The Morgan fingerprint density at radius 3 is 2.62 bits per heavy atom. The lowest BCUT2D eigenvalue weighted by Gasteiger charge is -2.24. The first-order valence-electron chi connectivity index (χ1n) is 12.3. The molecule has 0 spiro atoms. The van der Waals surface area contributed by atoms with Gasteiger partial charge in [0.05, 0.1) is 12.7 Å². The van der Waals surface area contributed by atoms with Crippen molar-refractivity contribution in [3.05, 3.63) is 57.4 Å². The van der Waals surface area contributed by atoms with Crippen LogP contribution in [0.15, 0.2) is 51.0 Å². The van der Waals surface area contributed by atoms with Gasteiger partial charge in [-0.1, -0.05) is 6.92 Å². The fourth-order valence-electron chi connectivity index (χ4n) is 3.66. The maximum Gasteiger partial charge on any atom is 0.459 e. The molecular weight excluding hydrogens is 556 g/mol. The maximum absolute atomic E-state index is 15.5. The molecule has 0 aliphatic carbocycles. The topological polar surface area (TPSA) is 158 Å². The van der Waals surface area contributed by atoms with E-state index in [1.807, 2.05) is 4.98 Å². The van der Waals surface area contributed by atoms with E-state index < -0.39 is 68.3 Å². The van der Waals surface area contributed by atoms with E-state index in [1.165, 1.54) is 0 Å². The number of alkyl halides is 1. The first-order valence-corrected chi connectivity index (χ1v) is 14.8. The summed E-state index contributed by atoms with van der Waals surface area (Å²) in [7, 11) is -4.29. The highest BCUT2D eigenvalue weighted by Crippen LogP contribution is 2.47. The predicted molar refractivity (Wildman–Crippen MR) is 142 cm³/mol. The number of hydrogen-bond donors (Lipinski definition) is 3. The second-order valence-corrected chi connectivity index (χ2v) is 12.1. The van der Waals surface area contributed by atoms with Crippen LogP contribution in [-0.4, -0.2) is 63.5 Å². The molecular formula is C24H33FN3O9PS. The first kappa shape index (κ1) is 31.1. The summed E-state index contributed by atoms with van der Waals surface area (Å²) in [5, 5.41) is 13.0. The number of H-pyrrole nitrogens is 1. The number of rotatable bonds is 13. The third kappa shape index (κ3) is 8.26. The monoisotopic (exact) mass is 589 g/mol. The molecule has 0 bridgehead atoms. The number of hydrogen-bond acceptors (Lipinski definition) is 10. The van der Waals surface area contributed by atoms with Crippen molar-refractivity contribution in [2.24, 2.45) is 0 Å². The van der Waals surface area contributed by atoms with E-state index >= 15 is 4.39 Å². The highest BCUT2D eigenvalue weighted by atomic mass is 32.2. The van der Waals surface area contributed by atoms with Crippen LogP contribution < -0.4 is 20.9 Å². The molecule has 2 aromatic rings. The zero-order valence-electron chi connectivity index (χ0n) is 22.0. The Balaban J connectivity index is 1.76. The van der Waals surface area contributed by atoms with Gasteiger partial charge in [-0.05, 0) is 57.2 Å². The Kier molecular flexibility index (Phi) is 10.5. The van der Waals surface area contributed by atoms with Crippen LogP contribution in [0, 0.1) is 0 Å². The Bertz CT molecular complexity index is 1280. The van der Waals surface area contributed by atoms with Crippen LogP contribution in [0.3, 0.4) is 0 Å². The fraction of sp³-hybridized carbons (Fsp3) is 0.542. The summed E-state index contributed by atoms with van der Waals surface area (Å²) in [6, 6.07) is 7.72. The molecule has 39 heavy (non-hydrogen) atoms. The van der Waals surface area contributed by atoms with Crippen LogP contribution in [0.5, 0.6) is 5.75 Å². The van der Waals surface area contributed by atoms with Crippen molar-refractivity contribution in [3.8, 4) is 5.75 Å². The Labute approximate surface area is 228 Å². The first-order chi connectivity index (χ1) is 18.3. The molecule has 5 atom stereocenters. The molecule has 1 aromatic heterocycles. The van der Waals surface area contributed by atoms with Gasteiger partial charge in [0, 0.05) is 17.2 Å². The van der Waals surface area contributed by atoms with Crippen LogP contribution in [0.2, 0.25) is 0 Å². The van der Waals surface area contributed by atoms with Gasteiger partial charge in [0.25, 0.3) is 5.56 Å². The molecule has 12 nitrogen and oxygen atoms in total. The van der Waals surface area contributed by atoms with Gasteiger partial charge in [0.1, 0.15) is 24.5 Å². The second-order valence-electron chi connectivity index (χ2n) is 9.22. The molecule has 1 aliphatic heterocycles. The summed E-state index contributed by atoms with van der Waals surface area (Å²) in [5.41, 5.74) is -4.11. The average molecular weight is 590 g/mol. The minimum atomic E-state index is -4.29.